The minimum atomic E-state index is -0.0586. The highest BCUT2D eigenvalue weighted by Gasteiger charge is 2.11. The van der Waals surface area contributed by atoms with E-state index in [-0.39, 0.29) is 25.1 Å². The maximum Gasteiger partial charge on any atom is 0.129 e. The van der Waals surface area contributed by atoms with Crippen molar-refractivity contribution in [1.82, 2.24) is 0 Å². The maximum atomic E-state index is 8.82. The van der Waals surface area contributed by atoms with Crippen LogP contribution in [0.3, 0.4) is 0 Å². The number of aliphatic hydroxyl groups is 1. The van der Waals surface area contributed by atoms with Crippen molar-refractivity contribution in [3.63, 3.8) is 0 Å². The van der Waals surface area contributed by atoms with Gasteiger partial charge in [0.25, 0.3) is 0 Å². The Hall–Kier alpha value is -0.510. The Bertz CT molecular complexity index is 273. The van der Waals surface area contributed by atoms with E-state index in [0.717, 1.165) is 18.6 Å². The lowest BCUT2D eigenvalue weighted by Crippen LogP contribution is -2.10. The highest BCUT2D eigenvalue weighted by molar-refractivity contribution is 5.85. The third kappa shape index (κ3) is 4.69. The third-order valence-corrected chi connectivity index (χ3v) is 2.26. The lowest BCUT2D eigenvalue weighted by atomic mass is 10.0. The molecule has 0 amide bonds. The van der Waals surface area contributed by atoms with Gasteiger partial charge in [-0.1, -0.05) is 13.8 Å². The van der Waals surface area contributed by atoms with Crippen molar-refractivity contribution in [3.8, 4) is 0 Å². The molecule has 0 unspecified atom stereocenters. The summed E-state index contributed by atoms with van der Waals surface area (Å²) in [6.45, 7) is 4.29. The monoisotopic (exact) mass is 233 g/mol. The summed E-state index contributed by atoms with van der Waals surface area (Å²) in [7, 11) is 0. The molecule has 1 rings (SSSR count). The number of halogens is 1. The lowest BCUT2D eigenvalue weighted by molar-refractivity contribution is 0.240. The highest BCUT2D eigenvalue weighted by atomic mass is 35.5. The van der Waals surface area contributed by atoms with Crippen LogP contribution in [0.5, 0.6) is 0 Å². The van der Waals surface area contributed by atoms with E-state index in [1.165, 1.54) is 0 Å². The number of nitrogens with two attached hydrogens (primary N) is 1. The van der Waals surface area contributed by atoms with E-state index in [1.807, 2.05) is 6.07 Å². The second-order valence-electron chi connectivity index (χ2n) is 4.04. The molecule has 0 aromatic carbocycles. The van der Waals surface area contributed by atoms with Gasteiger partial charge >= 0.3 is 0 Å². The molecule has 0 fully saturated rings. The summed E-state index contributed by atoms with van der Waals surface area (Å²) in [6.07, 6.45) is 2.02. The summed E-state index contributed by atoms with van der Waals surface area (Å²) >= 11 is 0. The normalized spacial score (nSPS) is 12.6. The molecule has 0 aliphatic carbocycles. The molecule has 1 aromatic heterocycles. The molecule has 0 spiro atoms. The first-order chi connectivity index (χ1) is 6.63. The van der Waals surface area contributed by atoms with Crippen molar-refractivity contribution >= 4 is 12.4 Å². The number of aliphatic hydroxyl groups excluding tert-OH is 1. The second kappa shape index (κ2) is 6.88. The van der Waals surface area contributed by atoms with Crippen molar-refractivity contribution in [2.24, 2.45) is 11.7 Å². The smallest absolute Gasteiger partial charge is 0.129 e. The number of rotatable bonds is 5. The van der Waals surface area contributed by atoms with Gasteiger partial charge in [0.05, 0.1) is 6.04 Å². The summed E-state index contributed by atoms with van der Waals surface area (Å²) in [4.78, 5) is 0. The maximum absolute atomic E-state index is 8.82. The summed E-state index contributed by atoms with van der Waals surface area (Å²) in [5, 5.41) is 8.82. The minimum Gasteiger partial charge on any atom is -0.462 e. The predicted octanol–water partition coefficient (Wildman–Crippen LogP) is 2.63. The number of furan rings is 1. The van der Waals surface area contributed by atoms with Gasteiger partial charge < -0.3 is 15.3 Å². The molecular formula is C11H20ClNO2. The first kappa shape index (κ1) is 14.5. The van der Waals surface area contributed by atoms with Crippen molar-refractivity contribution in [3.05, 3.63) is 23.7 Å². The van der Waals surface area contributed by atoms with Gasteiger partial charge in [0.2, 0.25) is 0 Å². The van der Waals surface area contributed by atoms with Gasteiger partial charge in [0.1, 0.15) is 18.1 Å². The zero-order valence-electron chi connectivity index (χ0n) is 9.27. The molecule has 0 aliphatic rings. The van der Waals surface area contributed by atoms with Crippen LogP contribution in [0.25, 0.3) is 0 Å². The Morgan fingerprint density at radius 2 is 2.00 bits per heavy atom. The Labute approximate surface area is 97.1 Å². The van der Waals surface area contributed by atoms with E-state index in [9.17, 15) is 0 Å². The van der Waals surface area contributed by atoms with Gasteiger partial charge in [0.15, 0.2) is 0 Å². The molecule has 4 heteroatoms. The fourth-order valence-electron chi connectivity index (χ4n) is 1.33. The molecular weight excluding hydrogens is 214 g/mol. The summed E-state index contributed by atoms with van der Waals surface area (Å²) in [5.74, 6) is 2.02. The first-order valence-electron chi connectivity index (χ1n) is 5.08. The van der Waals surface area contributed by atoms with Crippen LogP contribution in [0, 0.1) is 5.92 Å². The quantitative estimate of drug-likeness (QED) is 0.822. The van der Waals surface area contributed by atoms with Gasteiger partial charge in [-0.15, -0.1) is 12.4 Å². The van der Waals surface area contributed by atoms with Crippen molar-refractivity contribution in [2.75, 3.05) is 0 Å². The zero-order chi connectivity index (χ0) is 10.6. The molecule has 0 bridgehead atoms. The molecule has 1 aromatic rings. The Morgan fingerprint density at radius 1 is 1.33 bits per heavy atom. The summed E-state index contributed by atoms with van der Waals surface area (Å²) < 4.78 is 5.35. The van der Waals surface area contributed by atoms with E-state index in [2.05, 4.69) is 13.8 Å². The van der Waals surface area contributed by atoms with E-state index >= 15 is 0 Å². The van der Waals surface area contributed by atoms with Crippen LogP contribution in [0.2, 0.25) is 0 Å². The van der Waals surface area contributed by atoms with Gasteiger partial charge in [-0.2, -0.15) is 0 Å². The van der Waals surface area contributed by atoms with Crippen LogP contribution in [0.15, 0.2) is 16.5 Å². The predicted molar refractivity (Wildman–Crippen MR) is 62.9 cm³/mol. The van der Waals surface area contributed by atoms with E-state index < -0.39 is 0 Å². The van der Waals surface area contributed by atoms with Gasteiger partial charge in [-0.25, -0.2) is 0 Å². The average molecular weight is 234 g/mol. The number of hydrogen-bond acceptors (Lipinski definition) is 3. The van der Waals surface area contributed by atoms with Crippen molar-refractivity contribution in [1.29, 1.82) is 0 Å². The topological polar surface area (TPSA) is 59.4 Å². The SMILES string of the molecule is CC(C)CC[C@@H](N)c1ccc(CO)o1.Cl. The molecule has 0 aliphatic heterocycles. The van der Waals surface area contributed by atoms with Gasteiger partial charge in [0, 0.05) is 0 Å². The molecule has 1 atom stereocenters. The zero-order valence-corrected chi connectivity index (χ0v) is 10.1. The standard InChI is InChI=1S/C11H19NO2.ClH/c1-8(2)3-5-10(12)11-6-4-9(7-13)14-11;/h4,6,8,10,13H,3,5,7,12H2,1-2H3;1H/t10-;/m1./s1. The fraction of sp³-hybridized carbons (Fsp3) is 0.636. The van der Waals surface area contributed by atoms with Crippen molar-refractivity contribution in [2.45, 2.75) is 39.3 Å². The minimum absolute atomic E-state index is 0. The van der Waals surface area contributed by atoms with E-state index in [4.69, 9.17) is 15.3 Å². The first-order valence-corrected chi connectivity index (χ1v) is 5.08. The molecule has 1 heterocycles. The summed E-state index contributed by atoms with van der Waals surface area (Å²) in [5.41, 5.74) is 5.94. The number of hydrogen-bond donors (Lipinski definition) is 2. The molecule has 3 N–H and O–H groups in total. The third-order valence-electron chi connectivity index (χ3n) is 2.26. The summed E-state index contributed by atoms with van der Waals surface area (Å²) in [6, 6.07) is 3.57. The van der Waals surface area contributed by atoms with E-state index in [1.54, 1.807) is 6.07 Å². The molecule has 0 saturated carbocycles. The van der Waals surface area contributed by atoms with E-state index in [0.29, 0.717) is 11.7 Å². The molecule has 15 heavy (non-hydrogen) atoms. The molecule has 0 radical (unpaired) electrons. The molecule has 3 nitrogen and oxygen atoms in total. The molecule has 0 saturated heterocycles. The Morgan fingerprint density at radius 3 is 2.47 bits per heavy atom. The largest absolute Gasteiger partial charge is 0.462 e. The van der Waals surface area contributed by atoms with Crippen LogP contribution < -0.4 is 5.73 Å². The van der Waals surface area contributed by atoms with Crippen LogP contribution >= 0.6 is 12.4 Å². The van der Waals surface area contributed by atoms with Crippen LogP contribution in [0.4, 0.5) is 0 Å². The van der Waals surface area contributed by atoms with Gasteiger partial charge in [-0.05, 0) is 30.9 Å². The lowest BCUT2D eigenvalue weighted by Gasteiger charge is -2.10. The highest BCUT2D eigenvalue weighted by Crippen LogP contribution is 2.20. The Kier molecular flexibility index (Phi) is 6.65. The Balaban J connectivity index is 0.00000196. The van der Waals surface area contributed by atoms with Crippen LogP contribution in [0.1, 0.15) is 44.3 Å². The van der Waals surface area contributed by atoms with Crippen LogP contribution in [-0.4, -0.2) is 5.11 Å². The fourth-order valence-corrected chi connectivity index (χ4v) is 1.33. The van der Waals surface area contributed by atoms with Crippen molar-refractivity contribution < 1.29 is 9.52 Å². The second-order valence-corrected chi connectivity index (χ2v) is 4.04. The average Bonchev–Trinajstić information content (AvgIpc) is 2.62. The van der Waals surface area contributed by atoms with Crippen LogP contribution in [-0.2, 0) is 6.61 Å². The van der Waals surface area contributed by atoms with Gasteiger partial charge in [-0.3, -0.25) is 0 Å². The molecule has 88 valence electrons.